The highest BCUT2D eigenvalue weighted by Crippen LogP contribution is 2.27. The van der Waals surface area contributed by atoms with Crippen LogP contribution < -0.4 is 5.32 Å². The van der Waals surface area contributed by atoms with Crippen molar-refractivity contribution in [2.45, 2.75) is 45.1 Å². The number of rotatable bonds is 6. The Kier molecular flexibility index (Phi) is 5.13. The molecule has 3 rings (SSSR count). The zero-order chi connectivity index (χ0) is 16.2. The van der Waals surface area contributed by atoms with Crippen LogP contribution in [0.15, 0.2) is 21.2 Å². The summed E-state index contributed by atoms with van der Waals surface area (Å²) in [6.07, 6.45) is 4.21. The van der Waals surface area contributed by atoms with E-state index < -0.39 is 6.10 Å². The average molecular weight is 334 g/mol. The number of nitrogens with zero attached hydrogens (tertiary/aromatic N) is 1. The second-order valence-corrected chi connectivity index (χ2v) is 6.91. The third kappa shape index (κ3) is 4.00. The van der Waals surface area contributed by atoms with Crippen LogP contribution >= 0.6 is 11.3 Å². The minimum absolute atomic E-state index is 0.129. The van der Waals surface area contributed by atoms with Crippen LogP contribution in [0.1, 0.15) is 37.1 Å². The van der Waals surface area contributed by atoms with Gasteiger partial charge in [0.15, 0.2) is 0 Å². The highest BCUT2D eigenvalue weighted by atomic mass is 32.1. The number of hydrogen-bond acceptors (Lipinski definition) is 5. The minimum atomic E-state index is -0.443. The van der Waals surface area contributed by atoms with Gasteiger partial charge in [-0.2, -0.15) is 11.3 Å². The Labute approximate surface area is 139 Å². The number of aliphatic hydroxyl groups is 1. The second-order valence-electron chi connectivity index (χ2n) is 6.13. The molecule has 0 radical (unpaired) electrons. The lowest BCUT2D eigenvalue weighted by Crippen LogP contribution is -2.36. The van der Waals surface area contributed by atoms with E-state index in [1.165, 1.54) is 12.8 Å². The van der Waals surface area contributed by atoms with Crippen LogP contribution in [0.25, 0.3) is 11.5 Å². The molecule has 0 aromatic carbocycles. The topological polar surface area (TPSA) is 75.4 Å². The fourth-order valence-corrected chi connectivity index (χ4v) is 3.67. The molecule has 0 spiro atoms. The summed E-state index contributed by atoms with van der Waals surface area (Å²) in [4.78, 5) is 16.5. The lowest BCUT2D eigenvalue weighted by atomic mass is 10.0. The van der Waals surface area contributed by atoms with Gasteiger partial charge in [0.1, 0.15) is 5.76 Å². The van der Waals surface area contributed by atoms with Crippen LogP contribution in [-0.4, -0.2) is 28.6 Å². The third-order valence-corrected chi connectivity index (χ3v) is 5.12. The van der Waals surface area contributed by atoms with Gasteiger partial charge in [-0.1, -0.05) is 12.8 Å². The number of carbonyl (C=O) groups excluding carboxylic acids is 1. The summed E-state index contributed by atoms with van der Waals surface area (Å²) in [5, 5.41) is 16.8. The quantitative estimate of drug-likeness (QED) is 0.852. The van der Waals surface area contributed by atoms with Crippen molar-refractivity contribution >= 4 is 17.2 Å². The van der Waals surface area contributed by atoms with Gasteiger partial charge in [-0.05, 0) is 37.1 Å². The summed E-state index contributed by atoms with van der Waals surface area (Å²) in [6.45, 7) is 2.14. The first-order valence-corrected chi connectivity index (χ1v) is 9.01. The molecule has 124 valence electrons. The highest BCUT2D eigenvalue weighted by molar-refractivity contribution is 7.08. The molecule has 1 aliphatic rings. The van der Waals surface area contributed by atoms with Crippen molar-refractivity contribution in [2.24, 2.45) is 5.92 Å². The first-order valence-electron chi connectivity index (χ1n) is 8.07. The largest absolute Gasteiger partial charge is 0.441 e. The molecule has 0 saturated heterocycles. The molecule has 0 bridgehead atoms. The van der Waals surface area contributed by atoms with E-state index in [1.54, 1.807) is 11.3 Å². The SMILES string of the molecule is Cc1oc(-c2ccsc2)nc1CC(=O)NCC(O)C1CCCC1. The smallest absolute Gasteiger partial charge is 0.227 e. The highest BCUT2D eigenvalue weighted by Gasteiger charge is 2.23. The van der Waals surface area contributed by atoms with Gasteiger partial charge in [0.25, 0.3) is 0 Å². The summed E-state index contributed by atoms with van der Waals surface area (Å²) in [7, 11) is 0. The van der Waals surface area contributed by atoms with Crippen molar-refractivity contribution < 1.29 is 14.3 Å². The molecule has 2 aromatic rings. The Balaban J connectivity index is 1.53. The lowest BCUT2D eigenvalue weighted by Gasteiger charge is -2.17. The molecule has 5 nitrogen and oxygen atoms in total. The van der Waals surface area contributed by atoms with E-state index in [0.29, 0.717) is 29.8 Å². The third-order valence-electron chi connectivity index (χ3n) is 4.44. The molecule has 1 saturated carbocycles. The summed E-state index contributed by atoms with van der Waals surface area (Å²) >= 11 is 1.58. The van der Waals surface area contributed by atoms with Crippen molar-refractivity contribution in [3.05, 3.63) is 28.3 Å². The predicted molar refractivity (Wildman–Crippen MR) is 89.2 cm³/mol. The van der Waals surface area contributed by atoms with E-state index in [9.17, 15) is 9.90 Å². The summed E-state index contributed by atoms with van der Waals surface area (Å²) in [5.74, 6) is 1.42. The molecule has 2 N–H and O–H groups in total. The van der Waals surface area contributed by atoms with Gasteiger partial charge in [0.05, 0.1) is 18.2 Å². The molecule has 1 unspecified atom stereocenters. The van der Waals surface area contributed by atoms with Gasteiger partial charge in [-0.15, -0.1) is 0 Å². The fourth-order valence-electron chi connectivity index (χ4n) is 3.04. The fraction of sp³-hybridized carbons (Fsp3) is 0.529. The molecular formula is C17H22N2O3S. The van der Waals surface area contributed by atoms with E-state index in [2.05, 4.69) is 10.3 Å². The summed E-state index contributed by atoms with van der Waals surface area (Å²) in [5.41, 5.74) is 1.58. The molecule has 2 aromatic heterocycles. The van der Waals surface area contributed by atoms with Gasteiger partial charge in [0.2, 0.25) is 11.8 Å². The Morgan fingerprint density at radius 3 is 3.00 bits per heavy atom. The lowest BCUT2D eigenvalue weighted by molar-refractivity contribution is -0.121. The maximum Gasteiger partial charge on any atom is 0.227 e. The second kappa shape index (κ2) is 7.27. The molecule has 1 atom stereocenters. The molecule has 1 aliphatic carbocycles. The van der Waals surface area contributed by atoms with E-state index in [0.717, 1.165) is 18.4 Å². The molecule has 0 aliphatic heterocycles. The number of thiophene rings is 1. The maximum atomic E-state index is 12.1. The molecular weight excluding hydrogens is 312 g/mol. The Morgan fingerprint density at radius 1 is 1.52 bits per heavy atom. The van der Waals surface area contributed by atoms with Crippen LogP contribution in [0.3, 0.4) is 0 Å². The number of amides is 1. The van der Waals surface area contributed by atoms with E-state index >= 15 is 0 Å². The van der Waals surface area contributed by atoms with Crippen molar-refractivity contribution in [3.8, 4) is 11.5 Å². The molecule has 23 heavy (non-hydrogen) atoms. The molecule has 6 heteroatoms. The van der Waals surface area contributed by atoms with Gasteiger partial charge < -0.3 is 14.8 Å². The van der Waals surface area contributed by atoms with Crippen LogP contribution in [-0.2, 0) is 11.2 Å². The monoisotopic (exact) mass is 334 g/mol. The van der Waals surface area contributed by atoms with Gasteiger partial charge in [-0.25, -0.2) is 4.98 Å². The Morgan fingerprint density at radius 2 is 2.30 bits per heavy atom. The van der Waals surface area contributed by atoms with Crippen molar-refractivity contribution in [1.29, 1.82) is 0 Å². The molecule has 1 fully saturated rings. The predicted octanol–water partition coefficient (Wildman–Crippen LogP) is 2.92. The van der Waals surface area contributed by atoms with E-state index in [1.807, 2.05) is 23.8 Å². The number of aryl methyl sites for hydroxylation is 1. The van der Waals surface area contributed by atoms with E-state index in [4.69, 9.17) is 4.42 Å². The number of aromatic nitrogens is 1. The van der Waals surface area contributed by atoms with Crippen LogP contribution in [0, 0.1) is 12.8 Å². The summed E-state index contributed by atoms with van der Waals surface area (Å²) < 4.78 is 5.63. The number of carbonyl (C=O) groups is 1. The Bertz CT molecular complexity index is 645. The standard InChI is InChI=1S/C17H22N2O3S/c1-11-14(19-17(22-11)13-6-7-23-10-13)8-16(21)18-9-15(20)12-4-2-3-5-12/h6-7,10,12,15,20H,2-5,8-9H2,1H3,(H,18,21). The van der Waals surface area contributed by atoms with Crippen molar-refractivity contribution in [1.82, 2.24) is 10.3 Å². The van der Waals surface area contributed by atoms with Gasteiger partial charge >= 0.3 is 0 Å². The molecule has 2 heterocycles. The number of nitrogens with one attached hydrogen (secondary N) is 1. The first-order chi connectivity index (χ1) is 11.1. The van der Waals surface area contributed by atoms with Crippen LogP contribution in [0.4, 0.5) is 0 Å². The zero-order valence-corrected chi connectivity index (χ0v) is 14.1. The normalized spacial score (nSPS) is 16.6. The maximum absolute atomic E-state index is 12.1. The van der Waals surface area contributed by atoms with Crippen LogP contribution in [0.5, 0.6) is 0 Å². The van der Waals surface area contributed by atoms with Crippen molar-refractivity contribution in [3.63, 3.8) is 0 Å². The van der Waals surface area contributed by atoms with Crippen molar-refractivity contribution in [2.75, 3.05) is 6.54 Å². The first kappa shape index (κ1) is 16.2. The van der Waals surface area contributed by atoms with Gasteiger partial charge in [0, 0.05) is 17.5 Å². The molecule has 1 amide bonds. The Hall–Kier alpha value is -1.66. The van der Waals surface area contributed by atoms with E-state index in [-0.39, 0.29) is 12.3 Å². The van der Waals surface area contributed by atoms with Crippen LogP contribution in [0.2, 0.25) is 0 Å². The van der Waals surface area contributed by atoms with Gasteiger partial charge in [-0.3, -0.25) is 4.79 Å². The minimum Gasteiger partial charge on any atom is -0.441 e. The summed E-state index contributed by atoms with van der Waals surface area (Å²) in [6, 6.07) is 1.94. The number of oxazole rings is 1. The zero-order valence-electron chi connectivity index (χ0n) is 13.2. The number of hydrogen-bond donors (Lipinski definition) is 2. The number of aliphatic hydroxyl groups excluding tert-OH is 1. The average Bonchev–Trinajstić information content (AvgIpc) is 3.27.